The van der Waals surface area contributed by atoms with Crippen molar-refractivity contribution in [3.8, 4) is 16.9 Å². The lowest BCUT2D eigenvalue weighted by atomic mass is 10.0. The first kappa shape index (κ1) is 20.4. The molecular formula is C22H23NO3S2. The van der Waals surface area contributed by atoms with Gasteiger partial charge < -0.3 is 9.84 Å². The quantitative estimate of drug-likeness (QED) is 0.480. The summed E-state index contributed by atoms with van der Waals surface area (Å²) in [5.74, 6) is -0.0145. The number of aliphatic carboxylic acids is 1. The van der Waals surface area contributed by atoms with E-state index in [-0.39, 0.29) is 0 Å². The summed E-state index contributed by atoms with van der Waals surface area (Å²) in [6.07, 6.45) is 0.685. The van der Waals surface area contributed by atoms with Crippen LogP contribution >= 0.6 is 23.1 Å². The number of carboxylic acid groups (broad SMARTS) is 1. The number of carboxylic acids is 1. The van der Waals surface area contributed by atoms with Crippen LogP contribution in [-0.4, -0.2) is 27.4 Å². The molecule has 6 heteroatoms. The summed E-state index contributed by atoms with van der Waals surface area (Å²) in [5, 5.41) is 11.2. The summed E-state index contributed by atoms with van der Waals surface area (Å²) < 4.78 is 5.72. The van der Waals surface area contributed by atoms with Gasteiger partial charge in [-0.05, 0) is 44.0 Å². The van der Waals surface area contributed by atoms with Gasteiger partial charge in [-0.3, -0.25) is 4.79 Å². The second kappa shape index (κ2) is 8.80. The molecule has 0 atom stereocenters. The fourth-order valence-corrected chi connectivity index (χ4v) is 4.70. The molecular weight excluding hydrogens is 390 g/mol. The van der Waals surface area contributed by atoms with Gasteiger partial charge in [-0.25, -0.2) is 4.98 Å². The van der Waals surface area contributed by atoms with E-state index >= 15 is 0 Å². The van der Waals surface area contributed by atoms with Crippen LogP contribution in [0.25, 0.3) is 11.1 Å². The molecule has 0 saturated heterocycles. The lowest BCUT2D eigenvalue weighted by molar-refractivity contribution is -0.138. The predicted octanol–water partition coefficient (Wildman–Crippen LogP) is 5.70. The van der Waals surface area contributed by atoms with Crippen LogP contribution < -0.4 is 4.74 Å². The highest BCUT2D eigenvalue weighted by molar-refractivity contribution is 8.02. The van der Waals surface area contributed by atoms with Gasteiger partial charge in [0.2, 0.25) is 0 Å². The van der Waals surface area contributed by atoms with Crippen molar-refractivity contribution >= 4 is 29.1 Å². The fraction of sp³-hybridized carbons (Fsp3) is 0.273. The number of thioether (sulfide) groups is 1. The van der Waals surface area contributed by atoms with Crippen LogP contribution in [0.1, 0.15) is 25.1 Å². The van der Waals surface area contributed by atoms with E-state index in [2.05, 4.69) is 48.3 Å². The summed E-state index contributed by atoms with van der Waals surface area (Å²) in [6.45, 7) is 5.98. The van der Waals surface area contributed by atoms with Crippen molar-refractivity contribution in [1.82, 2.24) is 4.98 Å². The molecule has 0 saturated carbocycles. The van der Waals surface area contributed by atoms with E-state index in [1.54, 1.807) is 13.8 Å². The Bertz CT molecular complexity index is 931. The molecule has 0 fully saturated rings. The van der Waals surface area contributed by atoms with Crippen LogP contribution in [-0.2, 0) is 11.2 Å². The molecule has 1 N–H and O–H groups in total. The molecule has 0 radical (unpaired) electrons. The topological polar surface area (TPSA) is 59.4 Å². The first-order valence-electron chi connectivity index (χ1n) is 9.00. The molecule has 28 heavy (non-hydrogen) atoms. The monoisotopic (exact) mass is 413 g/mol. The lowest BCUT2D eigenvalue weighted by Gasteiger charge is -2.15. The first-order valence-corrected chi connectivity index (χ1v) is 10.7. The van der Waals surface area contributed by atoms with E-state index in [0.717, 1.165) is 21.3 Å². The molecule has 0 aliphatic rings. The SMILES string of the molecule is Cc1ccc(-c2ccc(OCCc3csc(SC(C)(C)C(=O)O)n3)cc2)cc1. The lowest BCUT2D eigenvalue weighted by Crippen LogP contribution is -2.26. The highest BCUT2D eigenvalue weighted by Crippen LogP contribution is 2.34. The zero-order chi connectivity index (χ0) is 20.1. The summed E-state index contributed by atoms with van der Waals surface area (Å²) in [5.41, 5.74) is 4.52. The minimum absolute atomic E-state index is 0.528. The largest absolute Gasteiger partial charge is 0.493 e. The maximum Gasteiger partial charge on any atom is 0.319 e. The van der Waals surface area contributed by atoms with Gasteiger partial charge in [-0.2, -0.15) is 0 Å². The molecule has 3 rings (SSSR count). The average Bonchev–Trinajstić information content (AvgIpc) is 3.09. The average molecular weight is 414 g/mol. The zero-order valence-corrected chi connectivity index (χ0v) is 17.8. The zero-order valence-electron chi connectivity index (χ0n) is 16.1. The Morgan fingerprint density at radius 2 is 1.71 bits per heavy atom. The Hall–Kier alpha value is -2.31. The van der Waals surface area contributed by atoms with Crippen LogP contribution in [0.3, 0.4) is 0 Å². The van der Waals surface area contributed by atoms with Gasteiger partial charge in [0.05, 0.1) is 12.3 Å². The van der Waals surface area contributed by atoms with Crippen molar-refractivity contribution in [1.29, 1.82) is 0 Å². The molecule has 0 unspecified atom stereocenters. The van der Waals surface area contributed by atoms with E-state index in [0.29, 0.717) is 13.0 Å². The Kier molecular flexibility index (Phi) is 6.42. The Morgan fingerprint density at radius 1 is 1.11 bits per heavy atom. The Balaban J connectivity index is 1.51. The maximum atomic E-state index is 11.2. The van der Waals surface area contributed by atoms with E-state index in [1.807, 2.05) is 17.5 Å². The van der Waals surface area contributed by atoms with Crippen molar-refractivity contribution in [3.05, 3.63) is 65.2 Å². The number of rotatable bonds is 8. The van der Waals surface area contributed by atoms with E-state index in [4.69, 9.17) is 4.74 Å². The predicted molar refractivity (Wildman–Crippen MR) is 115 cm³/mol. The molecule has 0 spiro atoms. The number of benzene rings is 2. The molecule has 0 amide bonds. The molecule has 3 aromatic rings. The molecule has 2 aromatic carbocycles. The number of aryl methyl sites for hydroxylation is 1. The number of thiazole rings is 1. The van der Waals surface area contributed by atoms with Crippen molar-refractivity contribution < 1.29 is 14.6 Å². The molecule has 1 heterocycles. The summed E-state index contributed by atoms with van der Waals surface area (Å²) in [6, 6.07) is 16.5. The summed E-state index contributed by atoms with van der Waals surface area (Å²) in [4.78, 5) is 15.7. The van der Waals surface area contributed by atoms with Gasteiger partial charge >= 0.3 is 5.97 Å². The minimum atomic E-state index is -0.884. The Morgan fingerprint density at radius 3 is 2.32 bits per heavy atom. The van der Waals surface area contributed by atoms with Gasteiger partial charge in [0, 0.05) is 11.8 Å². The van der Waals surface area contributed by atoms with Crippen LogP contribution in [0, 0.1) is 6.92 Å². The molecule has 0 aliphatic heterocycles. The van der Waals surface area contributed by atoms with E-state index in [1.165, 1.54) is 34.2 Å². The second-order valence-corrected chi connectivity index (χ2v) is 9.74. The van der Waals surface area contributed by atoms with E-state index in [9.17, 15) is 9.90 Å². The van der Waals surface area contributed by atoms with Gasteiger partial charge in [0.15, 0.2) is 4.34 Å². The smallest absolute Gasteiger partial charge is 0.319 e. The number of aromatic nitrogens is 1. The number of nitrogens with zero attached hydrogens (tertiary/aromatic N) is 1. The molecule has 1 aromatic heterocycles. The Labute approximate surface area is 173 Å². The van der Waals surface area contributed by atoms with Crippen molar-refractivity contribution in [2.24, 2.45) is 0 Å². The highest BCUT2D eigenvalue weighted by Gasteiger charge is 2.29. The third-order valence-electron chi connectivity index (χ3n) is 4.25. The van der Waals surface area contributed by atoms with Crippen LogP contribution in [0.5, 0.6) is 5.75 Å². The standard InChI is InChI=1S/C22H23NO3S2/c1-15-4-6-16(7-5-15)17-8-10-19(11-9-17)26-13-12-18-14-27-21(23-18)28-22(2,3)20(24)25/h4-11,14H,12-13H2,1-3H3,(H,24,25). The summed E-state index contributed by atoms with van der Waals surface area (Å²) in [7, 11) is 0. The third kappa shape index (κ3) is 5.36. The van der Waals surface area contributed by atoms with Crippen LogP contribution in [0.4, 0.5) is 0 Å². The maximum absolute atomic E-state index is 11.2. The summed E-state index contributed by atoms with van der Waals surface area (Å²) >= 11 is 2.75. The number of hydrogen-bond donors (Lipinski definition) is 1. The number of carbonyl (C=O) groups is 1. The van der Waals surface area contributed by atoms with Gasteiger partial charge in [0.25, 0.3) is 0 Å². The van der Waals surface area contributed by atoms with Crippen molar-refractivity contribution in [2.45, 2.75) is 36.3 Å². The van der Waals surface area contributed by atoms with Gasteiger partial charge in [-0.1, -0.05) is 53.7 Å². The number of hydrogen-bond acceptors (Lipinski definition) is 5. The van der Waals surface area contributed by atoms with Crippen LogP contribution in [0.2, 0.25) is 0 Å². The number of ether oxygens (including phenoxy) is 1. The van der Waals surface area contributed by atoms with Crippen molar-refractivity contribution in [2.75, 3.05) is 6.61 Å². The second-order valence-electron chi connectivity index (χ2n) is 7.01. The minimum Gasteiger partial charge on any atom is -0.493 e. The molecule has 146 valence electrons. The fourth-order valence-electron chi connectivity index (χ4n) is 2.48. The molecule has 4 nitrogen and oxygen atoms in total. The molecule has 0 bridgehead atoms. The van der Waals surface area contributed by atoms with Crippen molar-refractivity contribution in [3.63, 3.8) is 0 Å². The van der Waals surface area contributed by atoms with Crippen LogP contribution in [0.15, 0.2) is 58.3 Å². The third-order valence-corrected chi connectivity index (χ3v) is 6.43. The highest BCUT2D eigenvalue weighted by atomic mass is 32.2. The van der Waals surface area contributed by atoms with Gasteiger partial charge in [0.1, 0.15) is 10.5 Å². The first-order chi connectivity index (χ1) is 13.3. The van der Waals surface area contributed by atoms with E-state index < -0.39 is 10.7 Å². The molecule has 0 aliphatic carbocycles. The normalized spacial score (nSPS) is 11.4. The van der Waals surface area contributed by atoms with Gasteiger partial charge in [-0.15, -0.1) is 11.3 Å².